The minimum absolute atomic E-state index is 0.321. The van der Waals surface area contributed by atoms with E-state index in [0.717, 1.165) is 24.2 Å². The van der Waals surface area contributed by atoms with Crippen molar-refractivity contribution in [2.24, 2.45) is 35.0 Å². The molecule has 0 radical (unpaired) electrons. The van der Waals surface area contributed by atoms with Crippen molar-refractivity contribution < 1.29 is 14.9 Å². The summed E-state index contributed by atoms with van der Waals surface area (Å²) in [6, 6.07) is 0. The number of ether oxygens (including phenoxy) is 1. The van der Waals surface area contributed by atoms with Gasteiger partial charge >= 0.3 is 0 Å². The van der Waals surface area contributed by atoms with Gasteiger partial charge in [-0.3, -0.25) is 0 Å². The number of hydrogen-bond donors (Lipinski definition) is 2. The average molecular weight is 387 g/mol. The molecule has 9 atom stereocenters. The molecule has 0 amide bonds. The van der Waals surface area contributed by atoms with Crippen LogP contribution in [0, 0.1) is 47.3 Å². The molecule has 28 heavy (non-hydrogen) atoms. The highest BCUT2D eigenvalue weighted by Gasteiger charge is 2.66. The van der Waals surface area contributed by atoms with E-state index in [2.05, 4.69) is 12.8 Å². The van der Waals surface area contributed by atoms with Gasteiger partial charge in [-0.25, -0.2) is 0 Å². The normalized spacial score (nSPS) is 53.9. The smallest absolute Gasteiger partial charge is 0.156 e. The first-order valence-electron chi connectivity index (χ1n) is 12.0. The van der Waals surface area contributed by atoms with Gasteiger partial charge in [-0.2, -0.15) is 0 Å². The van der Waals surface area contributed by atoms with E-state index < -0.39 is 11.7 Å². The van der Waals surface area contributed by atoms with Crippen molar-refractivity contribution in [2.45, 2.75) is 108 Å². The molecule has 3 heteroatoms. The SMILES string of the molecule is C#CC1(O)C(O)CC2C3CCC4CC(OC5CCCC5)CCC4C3CCC21C. The maximum atomic E-state index is 11.1. The van der Waals surface area contributed by atoms with Crippen LogP contribution in [0.1, 0.15) is 84.0 Å². The van der Waals surface area contributed by atoms with Crippen LogP contribution in [0.25, 0.3) is 0 Å². The molecule has 0 aliphatic heterocycles. The van der Waals surface area contributed by atoms with Gasteiger partial charge in [-0.1, -0.05) is 25.7 Å². The zero-order valence-electron chi connectivity index (χ0n) is 17.5. The van der Waals surface area contributed by atoms with E-state index >= 15 is 0 Å². The molecule has 0 bridgehead atoms. The summed E-state index contributed by atoms with van der Waals surface area (Å²) < 4.78 is 6.49. The number of aliphatic hydroxyl groups excluding tert-OH is 1. The molecule has 5 aliphatic rings. The molecule has 5 fully saturated rings. The highest BCUT2D eigenvalue weighted by molar-refractivity contribution is 5.26. The lowest BCUT2D eigenvalue weighted by Crippen LogP contribution is -2.55. The quantitative estimate of drug-likeness (QED) is 0.696. The fourth-order valence-electron chi connectivity index (χ4n) is 8.51. The molecule has 5 saturated carbocycles. The van der Waals surface area contributed by atoms with Crippen LogP contribution in [0.4, 0.5) is 0 Å². The minimum Gasteiger partial charge on any atom is -0.389 e. The van der Waals surface area contributed by atoms with Crippen molar-refractivity contribution in [3.8, 4) is 12.3 Å². The molecule has 3 nitrogen and oxygen atoms in total. The maximum Gasteiger partial charge on any atom is 0.156 e. The van der Waals surface area contributed by atoms with Crippen molar-refractivity contribution in [2.75, 3.05) is 0 Å². The fourth-order valence-corrected chi connectivity index (χ4v) is 8.51. The van der Waals surface area contributed by atoms with Crippen molar-refractivity contribution in [3.63, 3.8) is 0 Å². The first kappa shape index (κ1) is 19.4. The van der Waals surface area contributed by atoms with E-state index in [4.69, 9.17) is 11.2 Å². The topological polar surface area (TPSA) is 49.7 Å². The fraction of sp³-hybridized carbons (Fsp3) is 0.920. The van der Waals surface area contributed by atoms with Crippen LogP contribution in [0.3, 0.4) is 0 Å². The Morgan fingerprint density at radius 1 is 0.893 bits per heavy atom. The van der Waals surface area contributed by atoms with Gasteiger partial charge in [0.25, 0.3) is 0 Å². The van der Waals surface area contributed by atoms with Gasteiger partial charge in [-0.15, -0.1) is 6.42 Å². The highest BCUT2D eigenvalue weighted by atomic mass is 16.5. The lowest BCUT2D eigenvalue weighted by atomic mass is 9.49. The van der Waals surface area contributed by atoms with Crippen LogP contribution in [0.5, 0.6) is 0 Å². The van der Waals surface area contributed by atoms with Gasteiger partial charge < -0.3 is 14.9 Å². The molecule has 0 aromatic carbocycles. The van der Waals surface area contributed by atoms with E-state index in [9.17, 15) is 10.2 Å². The Morgan fingerprint density at radius 3 is 2.39 bits per heavy atom. The van der Waals surface area contributed by atoms with Crippen LogP contribution >= 0.6 is 0 Å². The molecule has 156 valence electrons. The Morgan fingerprint density at radius 2 is 1.64 bits per heavy atom. The van der Waals surface area contributed by atoms with Gasteiger partial charge in [0.15, 0.2) is 5.60 Å². The Balaban J connectivity index is 1.29. The van der Waals surface area contributed by atoms with Crippen molar-refractivity contribution in [1.82, 2.24) is 0 Å². The summed E-state index contributed by atoms with van der Waals surface area (Å²) in [5, 5.41) is 21.7. The van der Waals surface area contributed by atoms with Crippen LogP contribution in [-0.2, 0) is 4.74 Å². The number of rotatable bonds is 2. The molecule has 0 aromatic rings. The first-order valence-corrected chi connectivity index (χ1v) is 12.0. The monoisotopic (exact) mass is 386 g/mol. The predicted molar refractivity (Wildman–Crippen MR) is 109 cm³/mol. The molecule has 0 spiro atoms. The second kappa shape index (κ2) is 7.00. The number of fused-ring (bicyclic) bond motifs is 5. The Labute approximate surface area is 170 Å². The van der Waals surface area contributed by atoms with Crippen LogP contribution in [0.2, 0.25) is 0 Å². The standard InChI is InChI=1S/C25H38O3/c1-3-25(27)23(26)15-22-21-10-8-16-14-18(28-17-6-4-5-7-17)9-11-19(16)20(21)12-13-24(22,25)2/h1,16-23,26-27H,4-15H2,2H3. The van der Waals surface area contributed by atoms with E-state index in [1.807, 2.05) is 0 Å². The summed E-state index contributed by atoms with van der Waals surface area (Å²) in [5.74, 6) is 6.02. The maximum absolute atomic E-state index is 11.1. The van der Waals surface area contributed by atoms with Gasteiger partial charge in [0.2, 0.25) is 0 Å². The Kier molecular flexibility index (Phi) is 4.85. The predicted octanol–water partition coefficient (Wildman–Crippen LogP) is 4.30. The van der Waals surface area contributed by atoms with Crippen LogP contribution in [0.15, 0.2) is 0 Å². The summed E-state index contributed by atoms with van der Waals surface area (Å²) in [7, 11) is 0. The summed E-state index contributed by atoms with van der Waals surface area (Å²) >= 11 is 0. The number of aliphatic hydroxyl groups is 2. The molecule has 0 heterocycles. The van der Waals surface area contributed by atoms with Crippen molar-refractivity contribution in [3.05, 3.63) is 0 Å². The second-order valence-electron chi connectivity index (χ2n) is 11.0. The van der Waals surface area contributed by atoms with Crippen LogP contribution in [-0.4, -0.2) is 34.1 Å². The summed E-state index contributed by atoms with van der Waals surface area (Å²) in [6.07, 6.45) is 20.4. The molecule has 5 aliphatic carbocycles. The molecule has 9 unspecified atom stereocenters. The largest absolute Gasteiger partial charge is 0.389 e. The van der Waals surface area contributed by atoms with Gasteiger partial charge in [0.05, 0.1) is 18.3 Å². The van der Waals surface area contributed by atoms with Crippen molar-refractivity contribution >= 4 is 0 Å². The minimum atomic E-state index is -1.34. The highest BCUT2D eigenvalue weighted by Crippen LogP contribution is 2.65. The number of terminal acetylenes is 1. The van der Waals surface area contributed by atoms with Gasteiger partial charge in [0.1, 0.15) is 0 Å². The third-order valence-electron chi connectivity index (χ3n) is 10.0. The molecular weight excluding hydrogens is 348 g/mol. The molecule has 2 N–H and O–H groups in total. The average Bonchev–Trinajstić information content (AvgIpc) is 3.27. The van der Waals surface area contributed by atoms with E-state index in [-0.39, 0.29) is 5.41 Å². The Bertz CT molecular complexity index is 634. The van der Waals surface area contributed by atoms with Crippen molar-refractivity contribution in [1.29, 1.82) is 0 Å². The van der Waals surface area contributed by atoms with Gasteiger partial charge in [-0.05, 0) is 93.8 Å². The van der Waals surface area contributed by atoms with Crippen LogP contribution < -0.4 is 0 Å². The summed E-state index contributed by atoms with van der Waals surface area (Å²) in [4.78, 5) is 0. The van der Waals surface area contributed by atoms with Gasteiger partial charge in [0, 0.05) is 5.41 Å². The zero-order chi connectivity index (χ0) is 19.5. The second-order valence-corrected chi connectivity index (χ2v) is 11.0. The Hall–Kier alpha value is -0.560. The summed E-state index contributed by atoms with van der Waals surface area (Å²) in [5.41, 5.74) is -1.66. The first-order chi connectivity index (χ1) is 13.5. The lowest BCUT2D eigenvalue weighted by Gasteiger charge is -2.56. The molecule has 0 aromatic heterocycles. The van der Waals surface area contributed by atoms with E-state index in [1.54, 1.807) is 0 Å². The molecule has 5 rings (SSSR count). The summed E-state index contributed by atoms with van der Waals surface area (Å²) in [6.45, 7) is 2.16. The van der Waals surface area contributed by atoms with E-state index in [0.29, 0.717) is 30.5 Å². The zero-order valence-corrected chi connectivity index (χ0v) is 17.5. The lowest BCUT2D eigenvalue weighted by molar-refractivity contribution is -0.132. The third kappa shape index (κ3) is 2.74. The van der Waals surface area contributed by atoms with E-state index in [1.165, 1.54) is 64.2 Å². The number of hydrogen-bond acceptors (Lipinski definition) is 3. The third-order valence-corrected chi connectivity index (χ3v) is 10.0. The molecular formula is C25H38O3. The molecule has 0 saturated heterocycles.